The first-order valence-corrected chi connectivity index (χ1v) is 23.4. The minimum Gasteiger partial charge on any atom is -0.508 e. The Labute approximate surface area is 388 Å². The number of rotatable bonds is 16. The van der Waals surface area contributed by atoms with Gasteiger partial charge in [0.25, 0.3) is 0 Å². The molecule has 2 heterocycles. The third-order valence-corrected chi connectivity index (χ3v) is 12.9. The third kappa shape index (κ3) is 14.9. The molecule has 1 unspecified atom stereocenters. The molecule has 368 valence electrons. The van der Waals surface area contributed by atoms with Crippen LogP contribution < -0.4 is 32.3 Å². The van der Waals surface area contributed by atoms with Gasteiger partial charge in [-0.2, -0.15) is 0 Å². The van der Waals surface area contributed by atoms with E-state index < -0.39 is 119 Å². The molecule has 0 aliphatic carbocycles. The fourth-order valence-corrected chi connectivity index (χ4v) is 7.97. The Bertz CT molecular complexity index is 1890. The van der Waals surface area contributed by atoms with E-state index in [1.807, 2.05) is 20.8 Å². The van der Waals surface area contributed by atoms with Crippen molar-refractivity contribution in [3.05, 3.63) is 29.8 Å². The van der Waals surface area contributed by atoms with Gasteiger partial charge in [0.15, 0.2) is 0 Å². The van der Waals surface area contributed by atoms with Crippen LogP contribution in [-0.2, 0) is 54.3 Å². The van der Waals surface area contributed by atoms with E-state index in [4.69, 9.17) is 10.5 Å². The van der Waals surface area contributed by atoms with Crippen LogP contribution in [0.3, 0.4) is 0 Å². The SMILES string of the molecule is CCC(C)C(=O)N[C@@H](CCC(N)=O)C(=O)N[C@@H]1C(=O)N[C@@H](CC(C)C)C(=O)N2CCC[C@H]2C(=O)N[C@@H]([C@@H](C)CC)C(=O)N(C)[C@@H](Cc2ccc(O)cc2)C(=O)N[C@@H]([C@@H](C)CC)C(=O)O[C@@H]1C. The summed E-state index contributed by atoms with van der Waals surface area (Å²) in [6, 6.07) is -2.95. The smallest absolute Gasteiger partial charge is 0.329 e. The van der Waals surface area contributed by atoms with Gasteiger partial charge in [-0.25, -0.2) is 4.79 Å². The number of nitrogens with two attached hydrogens (primary N) is 1. The van der Waals surface area contributed by atoms with Gasteiger partial charge in [0.2, 0.25) is 47.3 Å². The van der Waals surface area contributed by atoms with E-state index in [0.717, 1.165) is 0 Å². The molecule has 66 heavy (non-hydrogen) atoms. The lowest BCUT2D eigenvalue weighted by molar-refractivity contribution is -0.158. The van der Waals surface area contributed by atoms with Crippen molar-refractivity contribution in [1.82, 2.24) is 36.4 Å². The molecule has 0 aromatic heterocycles. The van der Waals surface area contributed by atoms with Crippen LogP contribution in [0.4, 0.5) is 0 Å². The number of carbonyl (C=O) groups is 9. The summed E-state index contributed by atoms with van der Waals surface area (Å²) in [5.41, 5.74) is 5.98. The Hall–Kier alpha value is -5.75. The maximum Gasteiger partial charge on any atom is 0.329 e. The molecule has 0 saturated carbocycles. The molecule has 0 radical (unpaired) electrons. The molecule has 19 nitrogen and oxygen atoms in total. The normalized spacial score (nSPS) is 25.7. The van der Waals surface area contributed by atoms with Gasteiger partial charge < -0.3 is 52.0 Å². The highest BCUT2D eigenvalue weighted by Gasteiger charge is 2.44. The maximum atomic E-state index is 14.6. The number of phenols is 1. The number of fused-ring (bicyclic) bond motifs is 1. The molecule has 0 bridgehead atoms. The quantitative estimate of drug-likeness (QED) is 0.117. The minimum absolute atomic E-state index is 0.0171. The second kappa shape index (κ2) is 25.2. The monoisotopic (exact) mass is 927 g/mol. The van der Waals surface area contributed by atoms with Gasteiger partial charge >= 0.3 is 5.97 Å². The van der Waals surface area contributed by atoms with Crippen molar-refractivity contribution in [2.24, 2.45) is 29.4 Å². The van der Waals surface area contributed by atoms with Crippen LogP contribution in [0.1, 0.15) is 119 Å². The Morgan fingerprint density at radius 2 is 1.44 bits per heavy atom. The first-order valence-electron chi connectivity index (χ1n) is 23.4. The molecule has 2 aliphatic rings. The number of aromatic hydroxyl groups is 1. The molecule has 2 saturated heterocycles. The van der Waals surface area contributed by atoms with Crippen LogP contribution in [0, 0.1) is 23.7 Å². The molecule has 8 N–H and O–H groups in total. The number of cyclic esters (lactones) is 1. The summed E-state index contributed by atoms with van der Waals surface area (Å²) in [7, 11) is 1.43. The predicted molar refractivity (Wildman–Crippen MR) is 245 cm³/mol. The average molecular weight is 927 g/mol. The van der Waals surface area contributed by atoms with Crippen molar-refractivity contribution < 1.29 is 53.0 Å². The predicted octanol–water partition coefficient (Wildman–Crippen LogP) is 1.57. The lowest BCUT2D eigenvalue weighted by Gasteiger charge is -2.35. The summed E-state index contributed by atoms with van der Waals surface area (Å²) < 4.78 is 5.95. The van der Waals surface area contributed by atoms with Crippen molar-refractivity contribution in [3.63, 3.8) is 0 Å². The largest absolute Gasteiger partial charge is 0.508 e. The lowest BCUT2D eigenvalue weighted by Crippen LogP contribution is -2.62. The number of esters is 1. The van der Waals surface area contributed by atoms with Crippen molar-refractivity contribution in [2.75, 3.05) is 13.6 Å². The van der Waals surface area contributed by atoms with E-state index in [9.17, 15) is 48.3 Å². The first kappa shape index (κ1) is 54.6. The van der Waals surface area contributed by atoms with Crippen molar-refractivity contribution in [1.29, 1.82) is 0 Å². The number of benzene rings is 1. The molecule has 1 aromatic rings. The minimum atomic E-state index is -1.70. The molecular formula is C47H74N8O11. The third-order valence-electron chi connectivity index (χ3n) is 12.9. The van der Waals surface area contributed by atoms with E-state index in [1.54, 1.807) is 46.8 Å². The van der Waals surface area contributed by atoms with E-state index >= 15 is 0 Å². The summed E-state index contributed by atoms with van der Waals surface area (Å²) in [5.74, 6) is -8.19. The summed E-state index contributed by atoms with van der Waals surface area (Å²) >= 11 is 0. The van der Waals surface area contributed by atoms with E-state index in [2.05, 4.69) is 26.6 Å². The second-order valence-corrected chi connectivity index (χ2v) is 18.5. The van der Waals surface area contributed by atoms with Crippen molar-refractivity contribution in [2.45, 2.75) is 168 Å². The van der Waals surface area contributed by atoms with Gasteiger partial charge in [-0.1, -0.05) is 80.4 Å². The second-order valence-electron chi connectivity index (χ2n) is 18.5. The molecule has 8 amide bonds. The van der Waals surface area contributed by atoms with E-state index in [0.29, 0.717) is 31.2 Å². The maximum absolute atomic E-state index is 14.6. The highest BCUT2D eigenvalue weighted by atomic mass is 16.5. The average Bonchev–Trinajstić information content (AvgIpc) is 3.78. The Balaban J connectivity index is 2.24. The lowest BCUT2D eigenvalue weighted by atomic mass is 9.95. The van der Waals surface area contributed by atoms with Crippen molar-refractivity contribution >= 4 is 53.2 Å². The summed E-state index contributed by atoms with van der Waals surface area (Å²) in [6.07, 6.45) is 0.0414. The summed E-state index contributed by atoms with van der Waals surface area (Å²) in [4.78, 5) is 129. The van der Waals surface area contributed by atoms with Gasteiger partial charge in [0, 0.05) is 32.4 Å². The number of ether oxygens (including phenoxy) is 1. The zero-order valence-corrected chi connectivity index (χ0v) is 40.3. The van der Waals surface area contributed by atoms with Gasteiger partial charge in [-0.15, -0.1) is 0 Å². The number of hydrogen-bond donors (Lipinski definition) is 7. The topological polar surface area (TPSA) is 276 Å². The fraction of sp³-hybridized carbons (Fsp3) is 0.681. The van der Waals surface area contributed by atoms with Crippen LogP contribution >= 0.6 is 0 Å². The number of carbonyl (C=O) groups excluding carboxylic acids is 9. The number of amides is 8. The van der Waals surface area contributed by atoms with Gasteiger partial charge in [-0.05, 0) is 74.5 Å². The highest BCUT2D eigenvalue weighted by molar-refractivity contribution is 5.98. The van der Waals surface area contributed by atoms with Crippen LogP contribution in [0.2, 0.25) is 0 Å². The first-order chi connectivity index (χ1) is 31.0. The summed E-state index contributed by atoms with van der Waals surface area (Å²) in [6.45, 7) is 15.8. The van der Waals surface area contributed by atoms with Crippen LogP contribution in [-0.4, -0.2) is 130 Å². The Kier molecular flexibility index (Phi) is 20.9. The number of likely N-dealkylation sites (N-methyl/N-ethyl adjacent to an activating group) is 1. The van der Waals surface area contributed by atoms with Gasteiger partial charge in [-0.3, -0.25) is 38.4 Å². The number of nitrogens with zero attached hydrogens (tertiary/aromatic N) is 2. The standard InChI is InChI=1S/C47H74N8O11/c1-11-26(6)37-46(64)54(10)35(24-30-16-18-31(56)19-17-30)43(61)52-38(27(7)12-2)47(65)66-29(9)39(53-41(59)32(20-21-36(48)57)49-40(58)28(8)13-3)44(62)50-33(23-25(4)5)45(63)55-22-14-15-34(55)42(60)51-37/h16-19,25-29,32-35,37-39,56H,11-15,20-24H2,1-10H3,(H2,48,57)(H,49,58)(H,50,62)(H,51,60)(H,52,61)(H,53,59)/t26-,27-,28?,29+,32-,33-,34-,35-,37-,38-,39-/m0/s1. The number of phenolic OH excluding ortho intramolecular Hbond substituents is 1. The fourth-order valence-electron chi connectivity index (χ4n) is 7.97. The molecule has 11 atom stereocenters. The van der Waals surface area contributed by atoms with Crippen LogP contribution in [0.25, 0.3) is 0 Å². The number of nitrogens with one attached hydrogen (secondary N) is 5. The molecule has 1 aromatic carbocycles. The molecule has 0 spiro atoms. The number of hydrogen-bond acceptors (Lipinski definition) is 11. The zero-order valence-electron chi connectivity index (χ0n) is 40.3. The zero-order chi connectivity index (χ0) is 49.6. The number of primary amides is 1. The molecular weight excluding hydrogens is 853 g/mol. The van der Waals surface area contributed by atoms with E-state index in [-0.39, 0.29) is 50.3 Å². The Morgan fingerprint density at radius 1 is 0.833 bits per heavy atom. The van der Waals surface area contributed by atoms with E-state index in [1.165, 1.54) is 35.9 Å². The van der Waals surface area contributed by atoms with Crippen LogP contribution in [0.5, 0.6) is 5.75 Å². The van der Waals surface area contributed by atoms with Crippen molar-refractivity contribution in [3.8, 4) is 5.75 Å². The Morgan fingerprint density at radius 3 is 2.02 bits per heavy atom. The summed E-state index contributed by atoms with van der Waals surface area (Å²) in [5, 5.41) is 23.7. The highest BCUT2D eigenvalue weighted by Crippen LogP contribution is 2.24. The van der Waals surface area contributed by atoms with Gasteiger partial charge in [0.1, 0.15) is 54.1 Å². The molecule has 2 fully saturated rings. The molecule has 19 heteroatoms. The van der Waals surface area contributed by atoms with Gasteiger partial charge in [0.05, 0.1) is 0 Å². The molecule has 2 aliphatic heterocycles. The molecule has 3 rings (SSSR count). The van der Waals surface area contributed by atoms with Crippen LogP contribution in [0.15, 0.2) is 24.3 Å².